The van der Waals surface area contributed by atoms with Crippen LogP contribution in [0.5, 0.6) is 5.75 Å². The van der Waals surface area contributed by atoms with Crippen molar-refractivity contribution in [2.75, 3.05) is 0 Å². The minimum atomic E-state index is -0.267. The van der Waals surface area contributed by atoms with Crippen LogP contribution < -0.4 is 4.74 Å². The monoisotopic (exact) mass is 254 g/mol. The first kappa shape index (κ1) is 11.3. The number of benzene rings is 1. The summed E-state index contributed by atoms with van der Waals surface area (Å²) in [6, 6.07) is 2.90. The largest absolute Gasteiger partial charge is 0.485 e. The molecule has 3 heteroatoms. The molecule has 0 radical (unpaired) electrons. The molecule has 17 heavy (non-hydrogen) atoms. The molecule has 1 saturated carbocycles. The summed E-state index contributed by atoms with van der Waals surface area (Å²) < 4.78 is 19.4. The first-order valence-electron chi connectivity index (χ1n) is 6.36. The van der Waals surface area contributed by atoms with Crippen LogP contribution in [-0.4, -0.2) is 5.60 Å². The van der Waals surface area contributed by atoms with Crippen LogP contribution in [0.4, 0.5) is 4.39 Å². The molecule has 0 bridgehead atoms. The van der Waals surface area contributed by atoms with Gasteiger partial charge in [-0.25, -0.2) is 4.39 Å². The molecule has 0 amide bonds. The summed E-state index contributed by atoms with van der Waals surface area (Å²) in [4.78, 5) is 0. The molecule has 1 spiro atoms. The molecule has 92 valence electrons. The average Bonchev–Trinajstić information content (AvgIpc) is 2.32. The van der Waals surface area contributed by atoms with Gasteiger partial charge in [0.25, 0.3) is 0 Å². The third-order valence-corrected chi connectivity index (χ3v) is 4.30. The Bertz CT molecular complexity index is 438. The van der Waals surface area contributed by atoms with Crippen LogP contribution in [0, 0.1) is 5.82 Å². The van der Waals surface area contributed by atoms with Gasteiger partial charge < -0.3 is 4.74 Å². The Kier molecular flexibility index (Phi) is 2.78. The van der Waals surface area contributed by atoms with E-state index in [4.69, 9.17) is 16.3 Å². The molecule has 2 aliphatic rings. The Morgan fingerprint density at radius 1 is 1.12 bits per heavy atom. The molecule has 1 aromatic carbocycles. The normalized spacial score (nSPS) is 22.0. The standard InChI is InChI=1S/C14H16ClFO/c15-12-9-11(16)8-10-4-7-14(17-13(10)12)5-2-1-3-6-14/h8-9H,1-7H2. The van der Waals surface area contributed by atoms with Gasteiger partial charge in [-0.15, -0.1) is 0 Å². The fraction of sp³-hybridized carbons (Fsp3) is 0.571. The van der Waals surface area contributed by atoms with Gasteiger partial charge >= 0.3 is 0 Å². The highest BCUT2D eigenvalue weighted by molar-refractivity contribution is 6.32. The number of rotatable bonds is 0. The first-order valence-corrected chi connectivity index (χ1v) is 6.73. The number of aryl methyl sites for hydroxylation is 1. The SMILES string of the molecule is Fc1cc(Cl)c2c(c1)CCC1(CCCCC1)O2. The summed E-state index contributed by atoms with van der Waals surface area (Å²) in [6.07, 6.45) is 7.87. The van der Waals surface area contributed by atoms with Crippen molar-refractivity contribution in [2.24, 2.45) is 0 Å². The van der Waals surface area contributed by atoms with Crippen molar-refractivity contribution in [1.82, 2.24) is 0 Å². The highest BCUT2D eigenvalue weighted by atomic mass is 35.5. The van der Waals surface area contributed by atoms with E-state index in [2.05, 4.69) is 0 Å². The predicted octanol–water partition coefficient (Wildman–Crippen LogP) is 4.51. The molecule has 1 aromatic rings. The molecule has 1 fully saturated rings. The van der Waals surface area contributed by atoms with E-state index < -0.39 is 0 Å². The van der Waals surface area contributed by atoms with E-state index >= 15 is 0 Å². The van der Waals surface area contributed by atoms with E-state index in [0.717, 1.165) is 37.0 Å². The maximum atomic E-state index is 13.2. The molecule has 1 nitrogen and oxygen atoms in total. The highest BCUT2D eigenvalue weighted by Crippen LogP contribution is 2.44. The Balaban J connectivity index is 1.94. The summed E-state index contributed by atoms with van der Waals surface area (Å²) in [5.74, 6) is 0.457. The Morgan fingerprint density at radius 3 is 2.65 bits per heavy atom. The van der Waals surface area contributed by atoms with Gasteiger partial charge in [0.1, 0.15) is 17.2 Å². The van der Waals surface area contributed by atoms with Crippen LogP contribution >= 0.6 is 11.6 Å². The van der Waals surface area contributed by atoms with Gasteiger partial charge in [0.2, 0.25) is 0 Å². The van der Waals surface area contributed by atoms with Gasteiger partial charge in [0.05, 0.1) is 5.02 Å². The van der Waals surface area contributed by atoms with Crippen molar-refractivity contribution in [3.05, 3.63) is 28.5 Å². The highest BCUT2D eigenvalue weighted by Gasteiger charge is 2.38. The summed E-state index contributed by atoms with van der Waals surface area (Å²) in [5.41, 5.74) is 0.901. The zero-order chi connectivity index (χ0) is 11.9. The molecule has 3 rings (SSSR count). The van der Waals surface area contributed by atoms with Gasteiger partial charge in [-0.05, 0) is 56.2 Å². The Morgan fingerprint density at radius 2 is 1.88 bits per heavy atom. The second-order valence-electron chi connectivity index (χ2n) is 5.22. The van der Waals surface area contributed by atoms with Gasteiger partial charge in [0.15, 0.2) is 0 Å². The molecule has 1 heterocycles. The molecule has 0 atom stereocenters. The summed E-state index contributed by atoms with van der Waals surface area (Å²) in [5, 5.41) is 0.421. The van der Waals surface area contributed by atoms with Gasteiger partial charge in [-0.3, -0.25) is 0 Å². The van der Waals surface area contributed by atoms with Crippen molar-refractivity contribution >= 4 is 11.6 Å². The maximum absolute atomic E-state index is 13.2. The van der Waals surface area contributed by atoms with E-state index in [9.17, 15) is 4.39 Å². The van der Waals surface area contributed by atoms with E-state index in [1.807, 2.05) is 0 Å². The molecular weight excluding hydrogens is 239 g/mol. The van der Waals surface area contributed by atoms with Crippen LogP contribution in [0.15, 0.2) is 12.1 Å². The lowest BCUT2D eigenvalue weighted by atomic mass is 9.79. The van der Waals surface area contributed by atoms with Crippen molar-refractivity contribution in [1.29, 1.82) is 0 Å². The predicted molar refractivity (Wildman–Crippen MR) is 66.2 cm³/mol. The minimum absolute atomic E-state index is 0.0211. The third-order valence-electron chi connectivity index (χ3n) is 4.02. The fourth-order valence-electron chi connectivity index (χ4n) is 3.09. The number of hydrogen-bond acceptors (Lipinski definition) is 1. The summed E-state index contributed by atoms with van der Waals surface area (Å²) in [7, 11) is 0. The molecule has 1 aliphatic carbocycles. The lowest BCUT2D eigenvalue weighted by Gasteiger charge is -2.41. The van der Waals surface area contributed by atoms with Gasteiger partial charge in [-0.1, -0.05) is 18.0 Å². The summed E-state index contributed by atoms with van der Waals surface area (Å²) in [6.45, 7) is 0. The zero-order valence-corrected chi connectivity index (χ0v) is 10.5. The van der Waals surface area contributed by atoms with E-state index in [1.54, 1.807) is 6.07 Å². The molecule has 0 N–H and O–H groups in total. The van der Waals surface area contributed by atoms with Gasteiger partial charge in [0, 0.05) is 0 Å². The zero-order valence-electron chi connectivity index (χ0n) is 9.77. The smallest absolute Gasteiger partial charge is 0.142 e. The number of hydrogen-bond donors (Lipinski definition) is 0. The van der Waals surface area contributed by atoms with Crippen LogP contribution in [0.2, 0.25) is 5.02 Å². The third kappa shape index (κ3) is 2.03. The van der Waals surface area contributed by atoms with Crippen molar-refractivity contribution < 1.29 is 9.13 Å². The van der Waals surface area contributed by atoms with Crippen molar-refractivity contribution in [2.45, 2.75) is 50.5 Å². The lowest BCUT2D eigenvalue weighted by molar-refractivity contribution is 0.0107. The molecule has 0 saturated heterocycles. The van der Waals surface area contributed by atoms with Crippen LogP contribution in [0.25, 0.3) is 0 Å². The van der Waals surface area contributed by atoms with Crippen molar-refractivity contribution in [3.63, 3.8) is 0 Å². The van der Waals surface area contributed by atoms with E-state index in [1.165, 1.54) is 25.3 Å². The van der Waals surface area contributed by atoms with Gasteiger partial charge in [-0.2, -0.15) is 0 Å². The minimum Gasteiger partial charge on any atom is -0.485 e. The molecule has 0 unspecified atom stereocenters. The molecule has 0 aromatic heterocycles. The maximum Gasteiger partial charge on any atom is 0.142 e. The molecular formula is C14H16ClFO. The number of ether oxygens (including phenoxy) is 1. The quantitative estimate of drug-likeness (QED) is 0.662. The number of halogens is 2. The fourth-order valence-corrected chi connectivity index (χ4v) is 3.36. The summed E-state index contributed by atoms with van der Waals surface area (Å²) >= 11 is 6.08. The van der Waals surface area contributed by atoms with E-state index in [0.29, 0.717) is 5.02 Å². The second kappa shape index (κ2) is 4.16. The lowest BCUT2D eigenvalue weighted by Crippen LogP contribution is -2.41. The van der Waals surface area contributed by atoms with Crippen LogP contribution in [0.1, 0.15) is 44.1 Å². The topological polar surface area (TPSA) is 9.23 Å². The van der Waals surface area contributed by atoms with Crippen LogP contribution in [0.3, 0.4) is 0 Å². The molecule has 1 aliphatic heterocycles. The van der Waals surface area contributed by atoms with Crippen molar-refractivity contribution in [3.8, 4) is 5.75 Å². The average molecular weight is 255 g/mol. The number of fused-ring (bicyclic) bond motifs is 1. The van der Waals surface area contributed by atoms with E-state index in [-0.39, 0.29) is 11.4 Å². The van der Waals surface area contributed by atoms with Crippen LogP contribution in [-0.2, 0) is 6.42 Å². The second-order valence-corrected chi connectivity index (χ2v) is 5.63. The Hall–Kier alpha value is -0.760. The Labute approximate surface area is 106 Å². The first-order chi connectivity index (χ1) is 8.19.